The quantitative estimate of drug-likeness (QED) is 0.547. The van der Waals surface area contributed by atoms with E-state index in [4.69, 9.17) is 4.74 Å². The summed E-state index contributed by atoms with van der Waals surface area (Å²) in [6, 6.07) is 13.0. The monoisotopic (exact) mass is 402 g/mol. The van der Waals surface area contributed by atoms with Gasteiger partial charge in [-0.25, -0.2) is 8.42 Å². The minimum atomic E-state index is -3.78. The Morgan fingerprint density at radius 3 is 2.32 bits per heavy atom. The minimum Gasteiger partial charge on any atom is -0.426 e. The van der Waals surface area contributed by atoms with Crippen molar-refractivity contribution in [3.05, 3.63) is 54.1 Å². The highest BCUT2D eigenvalue weighted by atomic mass is 32.2. The van der Waals surface area contributed by atoms with E-state index in [2.05, 4.69) is 0 Å². The lowest BCUT2D eigenvalue weighted by molar-refractivity contribution is -0.134. The van der Waals surface area contributed by atoms with E-state index in [1.165, 1.54) is 19.2 Å². The molecule has 0 bridgehead atoms. The minimum absolute atomic E-state index is 0.0766. The lowest BCUT2D eigenvalue weighted by Gasteiger charge is -2.17. The number of hydrogen-bond acceptors (Lipinski definition) is 5. The average Bonchev–Trinajstić information content (AvgIpc) is 3.08. The number of esters is 1. The maximum Gasteiger partial charge on any atom is 0.326 e. The second-order valence-electron chi connectivity index (χ2n) is 6.69. The summed E-state index contributed by atoms with van der Waals surface area (Å²) in [5.41, 5.74) is 1.70. The van der Waals surface area contributed by atoms with Crippen LogP contribution in [0.5, 0.6) is 5.75 Å². The first-order valence-corrected chi connectivity index (χ1v) is 10.4. The molecule has 0 spiro atoms. The van der Waals surface area contributed by atoms with E-state index in [1.807, 2.05) is 6.92 Å². The molecule has 1 amide bonds. The molecule has 1 heterocycles. The van der Waals surface area contributed by atoms with Gasteiger partial charge >= 0.3 is 5.97 Å². The van der Waals surface area contributed by atoms with Crippen molar-refractivity contribution < 1.29 is 22.7 Å². The maximum absolute atomic E-state index is 12.5. The molecule has 3 rings (SSSR count). The van der Waals surface area contributed by atoms with Crippen molar-refractivity contribution in [1.82, 2.24) is 4.31 Å². The lowest BCUT2D eigenvalue weighted by Crippen LogP contribution is -2.34. The molecule has 1 aliphatic rings. The Morgan fingerprint density at radius 2 is 1.75 bits per heavy atom. The zero-order chi connectivity index (χ0) is 20.3. The number of anilines is 1. The van der Waals surface area contributed by atoms with Crippen LogP contribution in [0.25, 0.3) is 0 Å². The largest absolute Gasteiger partial charge is 0.426 e. The van der Waals surface area contributed by atoms with Crippen LogP contribution in [-0.2, 0) is 19.6 Å². The maximum atomic E-state index is 12.5. The zero-order valence-corrected chi connectivity index (χ0v) is 16.6. The molecule has 0 radical (unpaired) electrons. The van der Waals surface area contributed by atoms with Gasteiger partial charge in [-0.3, -0.25) is 9.59 Å². The molecule has 8 heteroatoms. The molecular formula is C20H22N2O5S. The van der Waals surface area contributed by atoms with Crippen LogP contribution >= 0.6 is 0 Å². The second-order valence-corrected chi connectivity index (χ2v) is 8.74. The number of sulfonamides is 1. The van der Waals surface area contributed by atoms with E-state index in [0.29, 0.717) is 18.7 Å². The Morgan fingerprint density at radius 1 is 1.11 bits per heavy atom. The van der Waals surface area contributed by atoms with Gasteiger partial charge in [0.15, 0.2) is 0 Å². The predicted molar refractivity (Wildman–Crippen MR) is 105 cm³/mol. The summed E-state index contributed by atoms with van der Waals surface area (Å²) in [5, 5.41) is 0. The van der Waals surface area contributed by atoms with Crippen molar-refractivity contribution in [3.63, 3.8) is 0 Å². The van der Waals surface area contributed by atoms with Gasteiger partial charge in [-0.1, -0.05) is 17.7 Å². The molecule has 7 nitrogen and oxygen atoms in total. The summed E-state index contributed by atoms with van der Waals surface area (Å²) < 4.78 is 31.3. The number of carbonyl (C=O) groups is 2. The highest BCUT2D eigenvalue weighted by molar-refractivity contribution is 7.89. The van der Waals surface area contributed by atoms with Crippen LogP contribution < -0.4 is 9.64 Å². The topological polar surface area (TPSA) is 84.0 Å². The molecule has 0 atom stereocenters. The Kier molecular flexibility index (Phi) is 5.81. The van der Waals surface area contributed by atoms with E-state index in [1.54, 1.807) is 41.3 Å². The summed E-state index contributed by atoms with van der Waals surface area (Å²) in [6.07, 6.45) is 1.37. The predicted octanol–water partition coefficient (Wildman–Crippen LogP) is 2.35. The fraction of sp³-hybridized carbons (Fsp3) is 0.300. The Bertz CT molecular complexity index is 969. The Hall–Kier alpha value is -2.71. The van der Waals surface area contributed by atoms with Crippen LogP contribution in [-0.4, -0.2) is 44.7 Å². The molecular weight excluding hydrogens is 380 g/mol. The van der Waals surface area contributed by atoms with E-state index >= 15 is 0 Å². The molecule has 0 aliphatic carbocycles. The molecule has 0 saturated carbocycles. The first kappa shape index (κ1) is 20.0. The second kappa shape index (κ2) is 8.12. The molecule has 2 aromatic rings. The molecule has 2 aromatic carbocycles. The van der Waals surface area contributed by atoms with Gasteiger partial charge in [0.2, 0.25) is 15.9 Å². The van der Waals surface area contributed by atoms with Crippen molar-refractivity contribution in [2.45, 2.75) is 24.7 Å². The van der Waals surface area contributed by atoms with Gasteiger partial charge in [-0.2, -0.15) is 4.31 Å². The fourth-order valence-corrected chi connectivity index (χ4v) is 4.05. The van der Waals surface area contributed by atoms with Gasteiger partial charge in [0.05, 0.1) is 4.90 Å². The molecule has 0 N–H and O–H groups in total. The van der Waals surface area contributed by atoms with Crippen molar-refractivity contribution in [3.8, 4) is 5.75 Å². The summed E-state index contributed by atoms with van der Waals surface area (Å²) >= 11 is 0. The highest BCUT2D eigenvalue weighted by Gasteiger charge is 2.24. The number of hydrogen-bond donors (Lipinski definition) is 0. The normalized spacial score (nSPS) is 14.5. The highest BCUT2D eigenvalue weighted by Crippen LogP contribution is 2.24. The van der Waals surface area contributed by atoms with E-state index in [9.17, 15) is 18.0 Å². The number of likely N-dealkylation sites (N-methyl/N-ethyl adjacent to an activating group) is 1. The number of amides is 1. The number of rotatable bonds is 6. The van der Waals surface area contributed by atoms with Crippen molar-refractivity contribution in [2.75, 3.05) is 25.0 Å². The van der Waals surface area contributed by atoms with Gasteiger partial charge in [0.25, 0.3) is 0 Å². The third-order valence-corrected chi connectivity index (χ3v) is 6.35. The molecule has 1 aliphatic heterocycles. The molecule has 1 fully saturated rings. The van der Waals surface area contributed by atoms with Crippen LogP contribution in [0.3, 0.4) is 0 Å². The van der Waals surface area contributed by atoms with Crippen molar-refractivity contribution in [1.29, 1.82) is 0 Å². The number of nitrogens with zero attached hydrogens (tertiary/aromatic N) is 2. The number of aryl methyl sites for hydroxylation is 1. The fourth-order valence-electron chi connectivity index (χ4n) is 2.94. The van der Waals surface area contributed by atoms with Crippen LogP contribution in [0.4, 0.5) is 5.69 Å². The van der Waals surface area contributed by atoms with Crippen molar-refractivity contribution in [2.24, 2.45) is 0 Å². The SMILES string of the molecule is Cc1ccc(S(=O)(=O)N(C)CC(=O)Oc2ccc(N3CCCC3=O)cc2)cc1. The summed E-state index contributed by atoms with van der Waals surface area (Å²) in [4.78, 5) is 25.7. The standard InChI is InChI=1S/C20H22N2O5S/c1-15-5-11-18(12-6-15)28(25,26)21(2)14-20(24)27-17-9-7-16(8-10-17)22-13-3-4-19(22)23/h5-12H,3-4,13-14H2,1-2H3. The van der Waals surface area contributed by atoms with Crippen LogP contribution in [0, 0.1) is 6.92 Å². The van der Waals surface area contributed by atoms with Crippen LogP contribution in [0.15, 0.2) is 53.4 Å². The number of benzene rings is 2. The van der Waals surface area contributed by atoms with E-state index in [0.717, 1.165) is 22.0 Å². The molecule has 28 heavy (non-hydrogen) atoms. The average molecular weight is 402 g/mol. The van der Waals surface area contributed by atoms with Gasteiger partial charge in [0.1, 0.15) is 12.3 Å². The van der Waals surface area contributed by atoms with Gasteiger partial charge in [-0.15, -0.1) is 0 Å². The smallest absolute Gasteiger partial charge is 0.326 e. The van der Waals surface area contributed by atoms with E-state index in [-0.39, 0.29) is 10.8 Å². The zero-order valence-electron chi connectivity index (χ0n) is 15.8. The number of carbonyl (C=O) groups excluding carboxylic acids is 2. The molecule has 1 saturated heterocycles. The summed E-state index contributed by atoms with van der Waals surface area (Å²) in [6.45, 7) is 2.13. The lowest BCUT2D eigenvalue weighted by atomic mass is 10.2. The molecule has 0 aromatic heterocycles. The van der Waals surface area contributed by atoms with Gasteiger partial charge < -0.3 is 9.64 Å². The third-order valence-electron chi connectivity index (χ3n) is 4.53. The first-order valence-electron chi connectivity index (χ1n) is 8.91. The van der Waals surface area contributed by atoms with Gasteiger partial charge in [-0.05, 0) is 49.7 Å². The number of ether oxygens (including phenoxy) is 1. The summed E-state index contributed by atoms with van der Waals surface area (Å²) in [7, 11) is -2.45. The van der Waals surface area contributed by atoms with Crippen LogP contribution in [0.1, 0.15) is 18.4 Å². The summed E-state index contributed by atoms with van der Waals surface area (Å²) in [5.74, 6) is -0.322. The van der Waals surface area contributed by atoms with Crippen molar-refractivity contribution >= 4 is 27.6 Å². The van der Waals surface area contributed by atoms with Gasteiger partial charge in [0, 0.05) is 25.7 Å². The Labute approximate surface area is 164 Å². The van der Waals surface area contributed by atoms with Crippen LogP contribution in [0.2, 0.25) is 0 Å². The van der Waals surface area contributed by atoms with E-state index < -0.39 is 22.5 Å². The third kappa shape index (κ3) is 4.40. The molecule has 148 valence electrons. The Balaban J connectivity index is 1.61. The molecule has 0 unspecified atom stereocenters. The first-order chi connectivity index (χ1) is 13.3.